The predicted molar refractivity (Wildman–Crippen MR) is 98.0 cm³/mol. The Morgan fingerprint density at radius 3 is 2.38 bits per heavy atom. The third-order valence-corrected chi connectivity index (χ3v) is 4.25. The Bertz CT molecular complexity index is 485. The zero-order chi connectivity index (χ0) is 20.1. The molecule has 1 heterocycles. The summed E-state index contributed by atoms with van der Waals surface area (Å²) in [6, 6.07) is -0.856. The van der Waals surface area contributed by atoms with E-state index in [4.69, 9.17) is 18.9 Å². The highest BCUT2D eigenvalue weighted by molar-refractivity contribution is 5.81. The summed E-state index contributed by atoms with van der Waals surface area (Å²) in [7, 11) is 1.51. The second-order valence-electron chi connectivity index (χ2n) is 8.48. The van der Waals surface area contributed by atoms with E-state index < -0.39 is 23.7 Å². The van der Waals surface area contributed by atoms with Gasteiger partial charge in [0.1, 0.15) is 11.7 Å². The van der Waals surface area contributed by atoms with Gasteiger partial charge in [-0.2, -0.15) is 0 Å². The van der Waals surface area contributed by atoms with Crippen LogP contribution in [0.2, 0.25) is 0 Å². The van der Waals surface area contributed by atoms with Gasteiger partial charge in [-0.25, -0.2) is 9.59 Å². The molecule has 7 nitrogen and oxygen atoms in total. The lowest BCUT2D eigenvalue weighted by Crippen LogP contribution is -2.48. The fourth-order valence-electron chi connectivity index (χ4n) is 2.49. The first-order chi connectivity index (χ1) is 11.8. The number of rotatable bonds is 4. The average Bonchev–Trinajstić information content (AvgIpc) is 2.53. The molecule has 0 saturated carbocycles. The summed E-state index contributed by atoms with van der Waals surface area (Å²) in [6.07, 6.45) is 0.296. The Labute approximate surface area is 157 Å². The van der Waals surface area contributed by atoms with Crippen molar-refractivity contribution >= 4 is 12.1 Å². The molecule has 0 aromatic carbocycles. The molecule has 7 heteroatoms. The fraction of sp³-hybridized carbons (Fsp3) is 0.895. The standard InChI is InChI=1S/C19H35NO6/c1-9-19(6,7)25-14-10-13(2)24-16(21)15(12-23-11-14)20(8)17(22)26-18(3,4)5/h13-15H,9-12H2,1-8H3/t13?,14?,15-/m0/s1. The lowest BCUT2D eigenvalue weighted by molar-refractivity contribution is -0.156. The smallest absolute Gasteiger partial charge is 0.410 e. The molecule has 0 aromatic rings. The molecular formula is C19H35NO6. The number of nitrogens with zero attached hydrogens (tertiary/aromatic N) is 1. The molecule has 26 heavy (non-hydrogen) atoms. The number of likely N-dealkylation sites (N-methyl/N-ethyl adjacent to an activating group) is 1. The van der Waals surface area contributed by atoms with Crippen LogP contribution in [0.1, 0.15) is 61.3 Å². The maximum Gasteiger partial charge on any atom is 0.410 e. The second-order valence-corrected chi connectivity index (χ2v) is 8.48. The van der Waals surface area contributed by atoms with Crippen molar-refractivity contribution in [2.75, 3.05) is 20.3 Å². The number of amides is 1. The normalized spacial score (nSPS) is 25.5. The van der Waals surface area contributed by atoms with Crippen LogP contribution in [-0.2, 0) is 23.7 Å². The zero-order valence-corrected chi connectivity index (χ0v) is 17.5. The Kier molecular flexibility index (Phi) is 7.89. The molecule has 1 saturated heterocycles. The average molecular weight is 373 g/mol. The number of cyclic esters (lactones) is 1. The van der Waals surface area contributed by atoms with E-state index in [2.05, 4.69) is 6.92 Å². The molecule has 152 valence electrons. The van der Waals surface area contributed by atoms with Crippen molar-refractivity contribution in [1.82, 2.24) is 4.90 Å². The molecule has 1 rings (SSSR count). The first kappa shape index (κ1) is 22.7. The monoisotopic (exact) mass is 373 g/mol. The minimum absolute atomic E-state index is 0.0354. The first-order valence-corrected chi connectivity index (χ1v) is 9.26. The molecule has 2 unspecified atom stereocenters. The highest BCUT2D eigenvalue weighted by Crippen LogP contribution is 2.22. The van der Waals surface area contributed by atoms with Gasteiger partial charge in [-0.15, -0.1) is 0 Å². The minimum Gasteiger partial charge on any atom is -0.461 e. The number of hydrogen-bond acceptors (Lipinski definition) is 6. The molecular weight excluding hydrogens is 338 g/mol. The zero-order valence-electron chi connectivity index (χ0n) is 17.5. The molecule has 0 aromatic heterocycles. The van der Waals surface area contributed by atoms with Crippen molar-refractivity contribution in [3.8, 4) is 0 Å². The van der Waals surface area contributed by atoms with E-state index in [9.17, 15) is 9.59 Å². The van der Waals surface area contributed by atoms with Gasteiger partial charge in [0, 0.05) is 13.5 Å². The molecule has 1 amide bonds. The van der Waals surface area contributed by atoms with Crippen LogP contribution in [0.25, 0.3) is 0 Å². The largest absolute Gasteiger partial charge is 0.461 e. The van der Waals surface area contributed by atoms with E-state index >= 15 is 0 Å². The van der Waals surface area contributed by atoms with Crippen LogP contribution in [0, 0.1) is 0 Å². The molecule has 0 N–H and O–H groups in total. The highest BCUT2D eigenvalue weighted by atomic mass is 16.6. The summed E-state index contributed by atoms with van der Waals surface area (Å²) in [6.45, 7) is 13.6. The van der Waals surface area contributed by atoms with Crippen LogP contribution in [0.3, 0.4) is 0 Å². The van der Waals surface area contributed by atoms with Crippen molar-refractivity contribution in [1.29, 1.82) is 0 Å². The van der Waals surface area contributed by atoms with Crippen LogP contribution in [0.4, 0.5) is 4.79 Å². The second kappa shape index (κ2) is 9.04. The summed E-state index contributed by atoms with van der Waals surface area (Å²) in [4.78, 5) is 26.0. The number of carbonyl (C=O) groups excluding carboxylic acids is 2. The molecule has 0 radical (unpaired) electrons. The Hall–Kier alpha value is -1.34. The third-order valence-electron chi connectivity index (χ3n) is 4.25. The van der Waals surface area contributed by atoms with Crippen LogP contribution in [0.15, 0.2) is 0 Å². The van der Waals surface area contributed by atoms with Gasteiger partial charge >= 0.3 is 12.1 Å². The third kappa shape index (κ3) is 7.50. The van der Waals surface area contributed by atoms with Crippen molar-refractivity contribution in [3.05, 3.63) is 0 Å². The highest BCUT2D eigenvalue weighted by Gasteiger charge is 2.35. The Balaban J connectivity index is 2.81. The maximum absolute atomic E-state index is 12.5. The minimum atomic E-state index is -0.856. The fourth-order valence-corrected chi connectivity index (χ4v) is 2.49. The summed E-state index contributed by atoms with van der Waals surface area (Å²) in [5.74, 6) is -0.499. The van der Waals surface area contributed by atoms with Crippen molar-refractivity contribution in [2.45, 2.75) is 90.8 Å². The van der Waals surface area contributed by atoms with Crippen molar-refractivity contribution in [2.24, 2.45) is 0 Å². The topological polar surface area (TPSA) is 74.3 Å². The predicted octanol–water partition coefficient (Wildman–Crippen LogP) is 3.15. The molecule has 1 aliphatic heterocycles. The van der Waals surface area contributed by atoms with Gasteiger partial charge in [0.25, 0.3) is 0 Å². The van der Waals surface area contributed by atoms with E-state index in [1.54, 1.807) is 20.8 Å². The van der Waals surface area contributed by atoms with Gasteiger partial charge in [0.2, 0.25) is 0 Å². The molecule has 1 fully saturated rings. The lowest BCUT2D eigenvalue weighted by atomic mass is 10.1. The Morgan fingerprint density at radius 1 is 1.23 bits per heavy atom. The van der Waals surface area contributed by atoms with E-state index in [0.717, 1.165) is 6.42 Å². The van der Waals surface area contributed by atoms with E-state index in [0.29, 0.717) is 13.0 Å². The van der Waals surface area contributed by atoms with Gasteiger partial charge in [-0.05, 0) is 48.0 Å². The molecule has 3 atom stereocenters. The molecule has 0 bridgehead atoms. The van der Waals surface area contributed by atoms with E-state index in [1.165, 1.54) is 11.9 Å². The first-order valence-electron chi connectivity index (χ1n) is 9.26. The van der Waals surface area contributed by atoms with Crippen LogP contribution in [0.5, 0.6) is 0 Å². The van der Waals surface area contributed by atoms with Crippen molar-refractivity contribution < 1.29 is 28.5 Å². The maximum atomic E-state index is 12.5. The summed E-state index contributed by atoms with van der Waals surface area (Å²) >= 11 is 0. The van der Waals surface area contributed by atoms with Crippen LogP contribution in [-0.4, -0.2) is 66.7 Å². The van der Waals surface area contributed by atoms with Crippen LogP contribution >= 0.6 is 0 Å². The van der Waals surface area contributed by atoms with Gasteiger partial charge < -0.3 is 18.9 Å². The van der Waals surface area contributed by atoms with E-state index in [-0.39, 0.29) is 24.4 Å². The molecule has 0 spiro atoms. The summed E-state index contributed by atoms with van der Waals surface area (Å²) < 4.78 is 22.7. The lowest BCUT2D eigenvalue weighted by Gasteiger charge is -2.30. The number of esters is 1. The van der Waals surface area contributed by atoms with Crippen LogP contribution < -0.4 is 0 Å². The number of carbonyl (C=O) groups is 2. The SMILES string of the molecule is CCC(C)(C)OC1COC[C@H](N(C)C(=O)OC(C)(C)C)C(=O)OC(C)C1. The molecule has 1 aliphatic rings. The van der Waals surface area contributed by atoms with Gasteiger partial charge in [0.15, 0.2) is 6.04 Å². The summed E-state index contributed by atoms with van der Waals surface area (Å²) in [5.41, 5.74) is -0.926. The number of ether oxygens (including phenoxy) is 4. The number of hydrogen-bond donors (Lipinski definition) is 0. The quantitative estimate of drug-likeness (QED) is 0.705. The Morgan fingerprint density at radius 2 is 1.85 bits per heavy atom. The van der Waals surface area contributed by atoms with E-state index in [1.807, 2.05) is 20.8 Å². The molecule has 0 aliphatic carbocycles. The summed E-state index contributed by atoms with van der Waals surface area (Å²) in [5, 5.41) is 0. The van der Waals surface area contributed by atoms with Gasteiger partial charge in [0.05, 0.1) is 24.9 Å². The van der Waals surface area contributed by atoms with Crippen molar-refractivity contribution in [3.63, 3.8) is 0 Å². The van der Waals surface area contributed by atoms with Gasteiger partial charge in [-0.3, -0.25) is 4.90 Å². The van der Waals surface area contributed by atoms with Gasteiger partial charge in [-0.1, -0.05) is 6.92 Å².